The zero-order valence-electron chi connectivity index (χ0n) is 11.8. The number of anilines is 1. The Balaban J connectivity index is 2.78. The molecule has 1 rings (SSSR count). The van der Waals surface area contributed by atoms with Gasteiger partial charge in [0, 0.05) is 12.1 Å². The van der Waals surface area contributed by atoms with Gasteiger partial charge in [0.15, 0.2) is 0 Å². The van der Waals surface area contributed by atoms with Crippen LogP contribution in [-0.2, 0) is 16.0 Å². The third-order valence-corrected chi connectivity index (χ3v) is 2.40. The zero-order valence-corrected chi connectivity index (χ0v) is 11.8. The van der Waals surface area contributed by atoms with E-state index >= 15 is 0 Å². The molecule has 0 aliphatic carbocycles. The van der Waals surface area contributed by atoms with Crippen molar-refractivity contribution in [2.45, 2.75) is 46.6 Å². The molecule has 4 heteroatoms. The molecular weight excluding hydrogens is 228 g/mol. The third-order valence-electron chi connectivity index (χ3n) is 2.40. The molecule has 0 aliphatic heterocycles. The van der Waals surface area contributed by atoms with E-state index in [1.54, 1.807) is 6.07 Å². The summed E-state index contributed by atoms with van der Waals surface area (Å²) in [5.41, 5.74) is 5.33. The molecule has 0 saturated carbocycles. The molecular formula is C14H22N2O2. The van der Waals surface area contributed by atoms with Crippen LogP contribution in [0.2, 0.25) is 0 Å². The lowest BCUT2D eigenvalue weighted by Crippen LogP contribution is -2.35. The van der Waals surface area contributed by atoms with E-state index in [9.17, 15) is 4.79 Å². The summed E-state index contributed by atoms with van der Waals surface area (Å²) >= 11 is 0. The van der Waals surface area contributed by atoms with Gasteiger partial charge in [0.1, 0.15) is 11.4 Å². The number of aromatic nitrogens is 1. The van der Waals surface area contributed by atoms with Crippen LogP contribution in [0.3, 0.4) is 0 Å². The van der Waals surface area contributed by atoms with E-state index in [-0.39, 0.29) is 5.97 Å². The van der Waals surface area contributed by atoms with Crippen LogP contribution >= 0.6 is 0 Å². The molecule has 0 aliphatic rings. The van der Waals surface area contributed by atoms with Crippen molar-refractivity contribution in [3.05, 3.63) is 23.9 Å². The van der Waals surface area contributed by atoms with Crippen molar-refractivity contribution in [3.8, 4) is 0 Å². The molecule has 0 aromatic carbocycles. The number of nitrogens with two attached hydrogens (primary N) is 1. The quantitative estimate of drug-likeness (QED) is 0.837. The topological polar surface area (TPSA) is 65.2 Å². The maximum absolute atomic E-state index is 12.1. The van der Waals surface area contributed by atoms with Crippen LogP contribution in [0.1, 0.15) is 40.3 Å². The Morgan fingerprint density at radius 2 is 1.89 bits per heavy atom. The van der Waals surface area contributed by atoms with Crippen LogP contribution in [0.4, 0.5) is 5.82 Å². The molecule has 1 aromatic rings. The van der Waals surface area contributed by atoms with E-state index in [2.05, 4.69) is 4.98 Å². The van der Waals surface area contributed by atoms with Crippen molar-refractivity contribution in [2.24, 2.45) is 5.41 Å². The largest absolute Gasteiger partial charge is 0.460 e. The molecule has 1 aromatic heterocycles. The average molecular weight is 250 g/mol. The molecule has 0 amide bonds. The SMILES string of the molecule is CC(C)(C)OC(=O)C(C)(C)Cc1cccc(N)n1. The Labute approximate surface area is 109 Å². The molecule has 0 bridgehead atoms. The van der Waals surface area contributed by atoms with Crippen LogP contribution in [-0.4, -0.2) is 16.6 Å². The summed E-state index contributed by atoms with van der Waals surface area (Å²) < 4.78 is 5.41. The highest BCUT2D eigenvalue weighted by Gasteiger charge is 2.33. The molecule has 0 spiro atoms. The van der Waals surface area contributed by atoms with E-state index < -0.39 is 11.0 Å². The minimum absolute atomic E-state index is 0.223. The highest BCUT2D eigenvalue weighted by Crippen LogP contribution is 2.25. The average Bonchev–Trinajstić information content (AvgIpc) is 2.13. The third kappa shape index (κ3) is 4.35. The lowest BCUT2D eigenvalue weighted by Gasteiger charge is -2.28. The molecule has 4 nitrogen and oxygen atoms in total. The van der Waals surface area contributed by atoms with Gasteiger partial charge in [-0.15, -0.1) is 0 Å². The normalized spacial score (nSPS) is 12.3. The van der Waals surface area contributed by atoms with Crippen LogP contribution in [0.5, 0.6) is 0 Å². The molecule has 0 fully saturated rings. The first-order valence-corrected chi connectivity index (χ1v) is 6.05. The van der Waals surface area contributed by atoms with Crippen molar-refractivity contribution in [1.82, 2.24) is 4.98 Å². The summed E-state index contributed by atoms with van der Waals surface area (Å²) in [5.74, 6) is 0.242. The van der Waals surface area contributed by atoms with Crippen molar-refractivity contribution in [3.63, 3.8) is 0 Å². The Morgan fingerprint density at radius 3 is 2.39 bits per heavy atom. The number of carbonyl (C=O) groups is 1. The van der Waals surface area contributed by atoms with Crippen LogP contribution in [0.25, 0.3) is 0 Å². The first kappa shape index (κ1) is 14.5. The van der Waals surface area contributed by atoms with E-state index in [1.165, 1.54) is 0 Å². The predicted molar refractivity (Wildman–Crippen MR) is 72.0 cm³/mol. The van der Waals surface area contributed by atoms with Gasteiger partial charge >= 0.3 is 5.97 Å². The van der Waals surface area contributed by atoms with Gasteiger partial charge in [0.25, 0.3) is 0 Å². The molecule has 0 saturated heterocycles. The molecule has 2 N–H and O–H groups in total. The Kier molecular flexibility index (Phi) is 3.99. The van der Waals surface area contributed by atoms with Crippen molar-refractivity contribution in [2.75, 3.05) is 5.73 Å². The Hall–Kier alpha value is -1.58. The summed E-state index contributed by atoms with van der Waals surface area (Å²) in [5, 5.41) is 0. The monoisotopic (exact) mass is 250 g/mol. The lowest BCUT2D eigenvalue weighted by atomic mass is 9.87. The van der Waals surface area contributed by atoms with Crippen LogP contribution in [0.15, 0.2) is 18.2 Å². The van der Waals surface area contributed by atoms with Crippen molar-refractivity contribution in [1.29, 1.82) is 0 Å². The van der Waals surface area contributed by atoms with Crippen molar-refractivity contribution >= 4 is 11.8 Å². The minimum Gasteiger partial charge on any atom is -0.460 e. The molecule has 18 heavy (non-hydrogen) atoms. The number of rotatable bonds is 3. The second kappa shape index (κ2) is 4.96. The summed E-state index contributed by atoms with van der Waals surface area (Å²) in [7, 11) is 0. The van der Waals surface area contributed by atoms with Gasteiger partial charge in [-0.1, -0.05) is 6.07 Å². The zero-order chi connectivity index (χ0) is 14.0. The molecule has 0 radical (unpaired) electrons. The number of hydrogen-bond acceptors (Lipinski definition) is 4. The van der Waals surface area contributed by atoms with E-state index in [4.69, 9.17) is 10.5 Å². The van der Waals surface area contributed by atoms with E-state index in [0.29, 0.717) is 12.2 Å². The molecule has 1 heterocycles. The van der Waals surface area contributed by atoms with Gasteiger partial charge in [-0.2, -0.15) is 0 Å². The smallest absolute Gasteiger partial charge is 0.312 e. The first-order valence-electron chi connectivity index (χ1n) is 6.05. The molecule has 0 unspecified atom stereocenters. The van der Waals surface area contributed by atoms with Crippen molar-refractivity contribution < 1.29 is 9.53 Å². The Morgan fingerprint density at radius 1 is 1.28 bits per heavy atom. The maximum Gasteiger partial charge on any atom is 0.312 e. The fraction of sp³-hybridized carbons (Fsp3) is 0.571. The van der Waals surface area contributed by atoms with Gasteiger partial charge in [-0.25, -0.2) is 4.98 Å². The van der Waals surface area contributed by atoms with Gasteiger partial charge in [0.05, 0.1) is 5.41 Å². The van der Waals surface area contributed by atoms with Gasteiger partial charge < -0.3 is 10.5 Å². The summed E-state index contributed by atoms with van der Waals surface area (Å²) in [4.78, 5) is 16.3. The molecule has 0 atom stereocenters. The fourth-order valence-corrected chi connectivity index (χ4v) is 1.54. The summed E-state index contributed by atoms with van der Waals surface area (Å²) in [6.45, 7) is 9.29. The van der Waals surface area contributed by atoms with Gasteiger partial charge in [0.2, 0.25) is 0 Å². The number of pyridine rings is 1. The number of hydrogen-bond donors (Lipinski definition) is 1. The highest BCUT2D eigenvalue weighted by molar-refractivity contribution is 5.76. The standard InChI is InChI=1S/C14H22N2O2/c1-13(2,3)18-12(17)14(4,5)9-10-7-6-8-11(15)16-10/h6-8H,9H2,1-5H3,(H2,15,16). The minimum atomic E-state index is -0.617. The molecule has 100 valence electrons. The number of esters is 1. The summed E-state index contributed by atoms with van der Waals surface area (Å²) in [6, 6.07) is 5.43. The van der Waals surface area contributed by atoms with Crippen LogP contribution in [0, 0.1) is 5.41 Å². The maximum atomic E-state index is 12.1. The number of carbonyl (C=O) groups excluding carboxylic acids is 1. The number of nitrogens with zero attached hydrogens (tertiary/aromatic N) is 1. The van der Waals surface area contributed by atoms with E-state index in [0.717, 1.165) is 5.69 Å². The lowest BCUT2D eigenvalue weighted by molar-refractivity contribution is -0.165. The first-order chi connectivity index (χ1) is 8.10. The second-order valence-electron chi connectivity index (χ2n) is 6.12. The number of ether oxygens (including phenoxy) is 1. The highest BCUT2D eigenvalue weighted by atomic mass is 16.6. The van der Waals surface area contributed by atoms with Gasteiger partial charge in [-0.05, 0) is 46.8 Å². The second-order valence-corrected chi connectivity index (χ2v) is 6.12. The van der Waals surface area contributed by atoms with E-state index in [1.807, 2.05) is 46.8 Å². The number of nitrogen functional groups attached to an aromatic ring is 1. The Bertz CT molecular complexity index is 434. The summed E-state index contributed by atoms with van der Waals surface area (Å²) in [6.07, 6.45) is 0.507. The predicted octanol–water partition coefficient (Wildman–Crippen LogP) is 2.57. The van der Waals surface area contributed by atoms with Gasteiger partial charge in [-0.3, -0.25) is 4.79 Å². The van der Waals surface area contributed by atoms with Crippen LogP contribution < -0.4 is 5.73 Å². The fourth-order valence-electron chi connectivity index (χ4n) is 1.54.